The first-order chi connectivity index (χ1) is 12.2. The van der Waals surface area contributed by atoms with Crippen LogP contribution in [0, 0.1) is 0 Å². The Kier molecular flexibility index (Phi) is 5.55. The van der Waals surface area contributed by atoms with Gasteiger partial charge in [-0.05, 0) is 18.9 Å². The number of hydrogen-bond donors (Lipinski definition) is 2. The maximum absolute atomic E-state index is 11.8. The minimum Gasteiger partial charge on any atom is -0.368 e. The Morgan fingerprint density at radius 3 is 2.84 bits per heavy atom. The molecule has 1 aliphatic heterocycles. The lowest BCUT2D eigenvalue weighted by atomic mass is 10.4. The average molecular weight is 343 g/mol. The molecule has 0 aromatic carbocycles. The van der Waals surface area contributed by atoms with Gasteiger partial charge in [-0.3, -0.25) is 9.59 Å². The van der Waals surface area contributed by atoms with Crippen molar-refractivity contribution in [2.45, 2.75) is 19.4 Å². The fourth-order valence-corrected chi connectivity index (χ4v) is 2.65. The molecule has 2 aromatic rings. The molecule has 2 aromatic heterocycles. The highest BCUT2D eigenvalue weighted by Gasteiger charge is 2.13. The molecule has 3 rings (SSSR count). The van der Waals surface area contributed by atoms with Crippen LogP contribution in [-0.2, 0) is 11.3 Å². The van der Waals surface area contributed by atoms with Crippen molar-refractivity contribution in [1.82, 2.24) is 25.1 Å². The minimum absolute atomic E-state index is 0.0910. The van der Waals surface area contributed by atoms with E-state index in [4.69, 9.17) is 0 Å². The van der Waals surface area contributed by atoms with Crippen LogP contribution in [0.4, 0.5) is 11.6 Å². The van der Waals surface area contributed by atoms with Crippen molar-refractivity contribution in [2.75, 3.05) is 36.4 Å². The Bertz CT molecular complexity index is 771. The summed E-state index contributed by atoms with van der Waals surface area (Å²) in [4.78, 5) is 34.1. The van der Waals surface area contributed by atoms with Crippen molar-refractivity contribution in [3.05, 3.63) is 41.1 Å². The van der Waals surface area contributed by atoms with E-state index in [0.717, 1.165) is 29.4 Å². The molecule has 1 fully saturated rings. The molecular weight excluding hydrogens is 322 g/mol. The number of carbonyl (C=O) groups excluding carboxylic acids is 1. The molecule has 0 bridgehead atoms. The molecule has 0 saturated carbocycles. The van der Waals surface area contributed by atoms with Gasteiger partial charge in [0.2, 0.25) is 5.91 Å². The summed E-state index contributed by atoms with van der Waals surface area (Å²) < 4.78 is 1.12. The van der Waals surface area contributed by atoms with E-state index in [2.05, 4.69) is 30.6 Å². The third kappa shape index (κ3) is 4.75. The van der Waals surface area contributed by atoms with Crippen molar-refractivity contribution in [1.29, 1.82) is 0 Å². The Balaban J connectivity index is 1.42. The van der Waals surface area contributed by atoms with Gasteiger partial charge in [0, 0.05) is 44.5 Å². The maximum atomic E-state index is 11.8. The van der Waals surface area contributed by atoms with Crippen LogP contribution in [0.3, 0.4) is 0 Å². The molecule has 0 spiro atoms. The summed E-state index contributed by atoms with van der Waals surface area (Å²) in [7, 11) is 0. The standard InChI is InChI=1S/C16H21N7O2/c24-15(11-23-16(25)4-3-5-21-23)18-7-6-17-13-10-14(20-12-19-13)22-8-1-2-9-22/h3-5,10,12H,1-2,6-9,11H2,(H,18,24)(H,17,19,20). The number of nitrogens with one attached hydrogen (secondary N) is 2. The molecule has 0 unspecified atom stereocenters. The largest absolute Gasteiger partial charge is 0.368 e. The van der Waals surface area contributed by atoms with Gasteiger partial charge in [-0.25, -0.2) is 14.6 Å². The number of aromatic nitrogens is 4. The number of anilines is 2. The predicted octanol–water partition coefficient (Wildman–Crippen LogP) is -0.138. The van der Waals surface area contributed by atoms with E-state index in [9.17, 15) is 9.59 Å². The third-order valence-corrected chi connectivity index (χ3v) is 3.91. The van der Waals surface area contributed by atoms with Crippen molar-refractivity contribution in [3.8, 4) is 0 Å². The lowest BCUT2D eigenvalue weighted by Gasteiger charge is -2.16. The summed E-state index contributed by atoms with van der Waals surface area (Å²) in [6.07, 6.45) is 5.40. The molecule has 0 radical (unpaired) electrons. The molecule has 1 aliphatic rings. The summed E-state index contributed by atoms with van der Waals surface area (Å²) in [5.74, 6) is 1.39. The van der Waals surface area contributed by atoms with Gasteiger partial charge in [-0.2, -0.15) is 5.10 Å². The molecule has 9 nitrogen and oxygen atoms in total. The Morgan fingerprint density at radius 1 is 1.20 bits per heavy atom. The molecule has 9 heteroatoms. The van der Waals surface area contributed by atoms with Gasteiger partial charge in [0.25, 0.3) is 5.56 Å². The van der Waals surface area contributed by atoms with E-state index in [0.29, 0.717) is 13.1 Å². The zero-order chi connectivity index (χ0) is 17.5. The van der Waals surface area contributed by atoms with E-state index >= 15 is 0 Å². The van der Waals surface area contributed by atoms with E-state index in [1.165, 1.54) is 25.1 Å². The van der Waals surface area contributed by atoms with Crippen LogP contribution >= 0.6 is 0 Å². The first-order valence-electron chi connectivity index (χ1n) is 8.32. The van der Waals surface area contributed by atoms with Crippen LogP contribution in [0.15, 0.2) is 35.5 Å². The second-order valence-corrected chi connectivity index (χ2v) is 5.75. The summed E-state index contributed by atoms with van der Waals surface area (Å²) in [5.41, 5.74) is -0.300. The predicted molar refractivity (Wildman–Crippen MR) is 93.5 cm³/mol. The van der Waals surface area contributed by atoms with Crippen LogP contribution in [0.2, 0.25) is 0 Å². The third-order valence-electron chi connectivity index (χ3n) is 3.91. The number of amides is 1. The first-order valence-corrected chi connectivity index (χ1v) is 8.32. The fraction of sp³-hybridized carbons (Fsp3) is 0.438. The SMILES string of the molecule is O=C(Cn1ncccc1=O)NCCNc1cc(N2CCCC2)ncn1. The van der Waals surface area contributed by atoms with Crippen LogP contribution in [-0.4, -0.2) is 51.8 Å². The summed E-state index contributed by atoms with van der Waals surface area (Å²) >= 11 is 0. The highest BCUT2D eigenvalue weighted by atomic mass is 16.2. The molecular formula is C16H21N7O2. The molecule has 2 N–H and O–H groups in total. The zero-order valence-electron chi connectivity index (χ0n) is 13.9. The maximum Gasteiger partial charge on any atom is 0.267 e. The van der Waals surface area contributed by atoms with Gasteiger partial charge in [-0.15, -0.1) is 0 Å². The van der Waals surface area contributed by atoms with Crippen LogP contribution in [0.25, 0.3) is 0 Å². The van der Waals surface area contributed by atoms with Crippen LogP contribution in [0.1, 0.15) is 12.8 Å². The van der Waals surface area contributed by atoms with Gasteiger partial charge >= 0.3 is 0 Å². The minimum atomic E-state index is -0.300. The van der Waals surface area contributed by atoms with Crippen molar-refractivity contribution >= 4 is 17.5 Å². The molecule has 132 valence electrons. The first kappa shape index (κ1) is 16.9. The summed E-state index contributed by atoms with van der Waals surface area (Å²) in [5, 5.41) is 9.75. The van der Waals surface area contributed by atoms with Gasteiger partial charge in [0.05, 0.1) is 0 Å². The van der Waals surface area contributed by atoms with Crippen LogP contribution < -0.4 is 21.1 Å². The normalized spacial score (nSPS) is 13.7. The van der Waals surface area contributed by atoms with Crippen LogP contribution in [0.5, 0.6) is 0 Å². The molecule has 0 aliphatic carbocycles. The van der Waals surface area contributed by atoms with E-state index in [-0.39, 0.29) is 18.0 Å². The van der Waals surface area contributed by atoms with E-state index < -0.39 is 0 Å². The lowest BCUT2D eigenvalue weighted by molar-refractivity contribution is -0.121. The van der Waals surface area contributed by atoms with E-state index in [1.807, 2.05) is 6.07 Å². The number of carbonyl (C=O) groups is 1. The smallest absolute Gasteiger partial charge is 0.267 e. The number of hydrogen-bond acceptors (Lipinski definition) is 7. The molecule has 25 heavy (non-hydrogen) atoms. The van der Waals surface area contributed by atoms with E-state index in [1.54, 1.807) is 12.4 Å². The second kappa shape index (κ2) is 8.22. The molecule has 1 saturated heterocycles. The molecule has 0 atom stereocenters. The lowest BCUT2D eigenvalue weighted by Crippen LogP contribution is -2.35. The Labute approximate surface area is 145 Å². The zero-order valence-corrected chi connectivity index (χ0v) is 13.9. The number of nitrogens with zero attached hydrogens (tertiary/aromatic N) is 5. The average Bonchev–Trinajstić information content (AvgIpc) is 3.16. The monoisotopic (exact) mass is 343 g/mol. The second-order valence-electron chi connectivity index (χ2n) is 5.75. The molecule has 1 amide bonds. The fourth-order valence-electron chi connectivity index (χ4n) is 2.65. The van der Waals surface area contributed by atoms with Gasteiger partial charge in [0.15, 0.2) is 0 Å². The summed E-state index contributed by atoms with van der Waals surface area (Å²) in [6.45, 7) is 2.91. The molecule has 3 heterocycles. The quantitative estimate of drug-likeness (QED) is 0.674. The summed E-state index contributed by atoms with van der Waals surface area (Å²) in [6, 6.07) is 4.83. The van der Waals surface area contributed by atoms with Gasteiger partial charge in [0.1, 0.15) is 24.5 Å². The van der Waals surface area contributed by atoms with Crippen molar-refractivity contribution < 1.29 is 4.79 Å². The highest BCUT2D eigenvalue weighted by Crippen LogP contribution is 2.18. The van der Waals surface area contributed by atoms with Gasteiger partial charge in [-0.1, -0.05) is 0 Å². The highest BCUT2D eigenvalue weighted by molar-refractivity contribution is 5.75. The topological polar surface area (TPSA) is 105 Å². The van der Waals surface area contributed by atoms with Gasteiger partial charge < -0.3 is 15.5 Å². The number of rotatable bonds is 7. The Hall–Kier alpha value is -2.97. The Morgan fingerprint density at radius 2 is 2.04 bits per heavy atom. The van der Waals surface area contributed by atoms with Crippen molar-refractivity contribution in [3.63, 3.8) is 0 Å². The van der Waals surface area contributed by atoms with Crippen molar-refractivity contribution in [2.24, 2.45) is 0 Å².